The minimum atomic E-state index is -0.754. The molecule has 0 aliphatic carbocycles. The van der Waals surface area contributed by atoms with Crippen LogP contribution in [0.3, 0.4) is 0 Å². The van der Waals surface area contributed by atoms with E-state index in [9.17, 15) is 20.0 Å². The number of ether oxygens (including phenoxy) is 1. The van der Waals surface area contributed by atoms with Crippen LogP contribution in [-0.4, -0.2) is 33.6 Å². The Morgan fingerprint density at radius 1 is 1.17 bits per heavy atom. The van der Waals surface area contributed by atoms with Crippen LogP contribution in [0.5, 0.6) is 0 Å². The minimum Gasteiger partial charge on any atom is -0.507 e. The molecular weight excluding hydrogens is 476 g/mol. The van der Waals surface area contributed by atoms with E-state index in [1.165, 1.54) is 17.4 Å². The molecule has 0 radical (unpaired) electrons. The van der Waals surface area contributed by atoms with E-state index in [4.69, 9.17) is 4.74 Å². The molecule has 0 aliphatic heterocycles. The van der Waals surface area contributed by atoms with Crippen molar-refractivity contribution in [2.45, 2.75) is 13.8 Å². The summed E-state index contributed by atoms with van der Waals surface area (Å²) in [6, 6.07) is 18.3. The molecule has 3 N–H and O–H groups in total. The number of benzene rings is 2. The third kappa shape index (κ3) is 5.35. The quantitative estimate of drug-likeness (QED) is 0.127. The van der Waals surface area contributed by atoms with Gasteiger partial charge in [-0.3, -0.25) is 4.79 Å². The van der Waals surface area contributed by atoms with Crippen LogP contribution in [0.4, 0.5) is 5.00 Å². The zero-order chi connectivity index (χ0) is 25.7. The second-order valence-corrected chi connectivity index (χ2v) is 8.92. The first kappa shape index (κ1) is 24.4. The molecule has 2 heterocycles. The Balaban J connectivity index is 1.62. The Morgan fingerprint density at radius 3 is 2.58 bits per heavy atom. The van der Waals surface area contributed by atoms with Crippen molar-refractivity contribution in [2.24, 2.45) is 0 Å². The van der Waals surface area contributed by atoms with Crippen molar-refractivity contribution in [2.75, 3.05) is 11.9 Å². The van der Waals surface area contributed by atoms with Crippen LogP contribution in [0.1, 0.15) is 30.0 Å². The number of para-hydroxylation sites is 2. The number of amides is 1. The molecule has 8 nitrogen and oxygen atoms in total. The summed E-state index contributed by atoms with van der Waals surface area (Å²) in [6.45, 7) is 3.04. The molecule has 0 spiro atoms. The highest BCUT2D eigenvalue weighted by Crippen LogP contribution is 2.36. The molecule has 36 heavy (non-hydrogen) atoms. The van der Waals surface area contributed by atoms with Crippen molar-refractivity contribution in [3.05, 3.63) is 88.8 Å². The van der Waals surface area contributed by atoms with E-state index >= 15 is 0 Å². The molecule has 180 valence electrons. The number of carbonyl (C=O) groups is 2. The Labute approximate surface area is 211 Å². The van der Waals surface area contributed by atoms with Gasteiger partial charge in [-0.2, -0.15) is 5.26 Å². The third-order valence-electron chi connectivity index (χ3n) is 5.10. The van der Waals surface area contributed by atoms with Crippen LogP contribution >= 0.6 is 11.3 Å². The summed E-state index contributed by atoms with van der Waals surface area (Å²) >= 11 is 1.20. The normalized spacial score (nSPS) is 11.4. The van der Waals surface area contributed by atoms with E-state index < -0.39 is 18.3 Å². The van der Waals surface area contributed by atoms with E-state index in [0.717, 1.165) is 11.1 Å². The van der Waals surface area contributed by atoms with Crippen LogP contribution in [0.25, 0.3) is 27.7 Å². The second kappa shape index (κ2) is 10.7. The van der Waals surface area contributed by atoms with Crippen molar-refractivity contribution in [3.8, 4) is 17.2 Å². The van der Waals surface area contributed by atoms with Crippen LogP contribution in [0, 0.1) is 11.3 Å². The maximum Gasteiger partial charge on any atom is 0.342 e. The van der Waals surface area contributed by atoms with Gasteiger partial charge < -0.3 is 20.1 Å². The fourth-order valence-corrected chi connectivity index (χ4v) is 4.46. The molecule has 0 bridgehead atoms. The SMILES string of the molecule is CC(C)=CC(=O)Nc1scc(-c2ccccc2)c1C(=O)OC/C(O)=C(\C#N)c1nc2ccccc2[nH]1. The zero-order valence-corrected chi connectivity index (χ0v) is 20.3. The number of nitriles is 1. The largest absolute Gasteiger partial charge is 0.507 e. The van der Waals surface area contributed by atoms with Gasteiger partial charge in [0.2, 0.25) is 5.91 Å². The molecule has 0 atom stereocenters. The summed E-state index contributed by atoms with van der Waals surface area (Å²) < 4.78 is 5.39. The summed E-state index contributed by atoms with van der Waals surface area (Å²) in [6.07, 6.45) is 1.43. The Bertz CT molecular complexity index is 1500. The average Bonchev–Trinajstić information content (AvgIpc) is 3.47. The van der Waals surface area contributed by atoms with Crippen molar-refractivity contribution < 1.29 is 19.4 Å². The van der Waals surface area contributed by atoms with Crippen LogP contribution in [0.15, 0.2) is 77.4 Å². The van der Waals surface area contributed by atoms with Gasteiger partial charge in [0.15, 0.2) is 11.6 Å². The summed E-state index contributed by atoms with van der Waals surface area (Å²) in [5, 5.41) is 25.0. The number of imidazole rings is 1. The fraction of sp³-hybridized carbons (Fsp3) is 0.111. The number of esters is 1. The number of fused-ring (bicyclic) bond motifs is 1. The maximum atomic E-state index is 13.2. The summed E-state index contributed by atoms with van der Waals surface area (Å²) in [5.74, 6) is -1.40. The molecule has 0 saturated heterocycles. The number of rotatable bonds is 7. The first-order chi connectivity index (χ1) is 17.4. The van der Waals surface area contributed by atoms with E-state index in [1.807, 2.05) is 48.5 Å². The first-order valence-electron chi connectivity index (χ1n) is 10.9. The number of hydrogen-bond acceptors (Lipinski definition) is 7. The van der Waals surface area contributed by atoms with Crippen molar-refractivity contribution in [1.82, 2.24) is 9.97 Å². The van der Waals surface area contributed by atoms with Gasteiger partial charge in [-0.15, -0.1) is 11.3 Å². The molecule has 0 unspecified atom stereocenters. The van der Waals surface area contributed by atoms with Gasteiger partial charge in [0, 0.05) is 17.0 Å². The van der Waals surface area contributed by atoms with Gasteiger partial charge in [-0.05, 0) is 31.5 Å². The number of anilines is 1. The molecule has 0 fully saturated rings. The number of hydrogen-bond donors (Lipinski definition) is 3. The Kier molecular flexibility index (Phi) is 7.28. The lowest BCUT2D eigenvalue weighted by atomic mass is 10.0. The molecule has 4 rings (SSSR count). The van der Waals surface area contributed by atoms with E-state index in [0.29, 0.717) is 21.6 Å². The molecule has 0 aliphatic rings. The Hall–Kier alpha value is -4.68. The average molecular weight is 499 g/mol. The van der Waals surface area contributed by atoms with Gasteiger partial charge in [0.05, 0.1) is 11.0 Å². The fourth-order valence-electron chi connectivity index (χ4n) is 3.50. The molecule has 2 aromatic heterocycles. The lowest BCUT2D eigenvalue weighted by molar-refractivity contribution is -0.111. The number of nitrogens with zero attached hydrogens (tertiary/aromatic N) is 2. The molecule has 9 heteroatoms. The smallest absolute Gasteiger partial charge is 0.342 e. The molecule has 2 aromatic carbocycles. The number of aromatic amines is 1. The summed E-state index contributed by atoms with van der Waals surface area (Å²) in [4.78, 5) is 32.8. The zero-order valence-electron chi connectivity index (χ0n) is 19.5. The molecule has 4 aromatic rings. The van der Waals surface area contributed by atoms with Crippen molar-refractivity contribution >= 4 is 44.8 Å². The van der Waals surface area contributed by atoms with E-state index in [-0.39, 0.29) is 22.9 Å². The summed E-state index contributed by atoms with van der Waals surface area (Å²) in [5.41, 5.74) is 3.52. The second-order valence-electron chi connectivity index (χ2n) is 8.04. The molecular formula is C27H22N4O4S. The third-order valence-corrected chi connectivity index (χ3v) is 6.00. The van der Waals surface area contributed by atoms with E-state index in [1.54, 1.807) is 31.4 Å². The molecule has 1 amide bonds. The van der Waals surface area contributed by atoms with Gasteiger partial charge in [0.25, 0.3) is 0 Å². The molecule has 0 saturated carbocycles. The van der Waals surface area contributed by atoms with Crippen molar-refractivity contribution in [1.29, 1.82) is 5.26 Å². The van der Waals surface area contributed by atoms with Gasteiger partial charge in [-0.25, -0.2) is 9.78 Å². The highest BCUT2D eigenvalue weighted by atomic mass is 32.1. The number of thiophene rings is 1. The highest BCUT2D eigenvalue weighted by molar-refractivity contribution is 7.15. The van der Waals surface area contributed by atoms with E-state index in [2.05, 4.69) is 15.3 Å². The topological polar surface area (TPSA) is 128 Å². The van der Waals surface area contributed by atoms with Crippen LogP contribution in [0.2, 0.25) is 0 Å². The number of nitrogens with one attached hydrogen (secondary N) is 2. The predicted molar refractivity (Wildman–Crippen MR) is 139 cm³/mol. The van der Waals surface area contributed by atoms with Crippen LogP contribution < -0.4 is 5.32 Å². The highest BCUT2D eigenvalue weighted by Gasteiger charge is 2.24. The lowest BCUT2D eigenvalue weighted by Gasteiger charge is -2.10. The number of aromatic nitrogens is 2. The maximum absolute atomic E-state index is 13.2. The number of carbonyl (C=O) groups excluding carboxylic acids is 2. The minimum absolute atomic E-state index is 0.135. The number of aliphatic hydroxyl groups excluding tert-OH is 1. The first-order valence-corrected chi connectivity index (χ1v) is 11.8. The van der Waals surface area contributed by atoms with Crippen molar-refractivity contribution in [3.63, 3.8) is 0 Å². The lowest BCUT2D eigenvalue weighted by Crippen LogP contribution is -2.14. The standard InChI is InChI=1S/C27H22N4O4S/c1-16(2)12-23(33)31-26-24(19(15-36-26)17-8-4-3-5-9-17)27(34)35-14-22(32)18(13-28)25-29-20-10-6-7-11-21(20)30-25/h3-12,15,32H,14H2,1-2H3,(H,29,30)(H,31,33)/b22-18-. The van der Waals surface area contributed by atoms with Gasteiger partial charge >= 0.3 is 5.97 Å². The van der Waals surface area contributed by atoms with Gasteiger partial charge in [-0.1, -0.05) is 48.0 Å². The number of allylic oxidation sites excluding steroid dienone is 2. The number of aliphatic hydroxyl groups is 1. The predicted octanol–water partition coefficient (Wildman–Crippen LogP) is 5.85. The number of H-pyrrole nitrogens is 1. The monoisotopic (exact) mass is 498 g/mol. The van der Waals surface area contributed by atoms with Crippen LogP contribution in [-0.2, 0) is 9.53 Å². The van der Waals surface area contributed by atoms with Gasteiger partial charge in [0.1, 0.15) is 28.8 Å². The Morgan fingerprint density at radius 2 is 1.89 bits per heavy atom. The summed E-state index contributed by atoms with van der Waals surface area (Å²) in [7, 11) is 0.